The maximum atomic E-state index is 13.6. The van der Waals surface area contributed by atoms with Crippen LogP contribution in [0.2, 0.25) is 0 Å². The summed E-state index contributed by atoms with van der Waals surface area (Å²) in [6.07, 6.45) is 5.20. The van der Waals surface area contributed by atoms with Crippen LogP contribution in [-0.2, 0) is 16.6 Å². The summed E-state index contributed by atoms with van der Waals surface area (Å²) in [5.41, 5.74) is 1.80. The number of non-ortho nitro benzene ring substituents is 1. The molecule has 0 radical (unpaired) electrons. The zero-order valence-corrected chi connectivity index (χ0v) is 15.9. The Bertz CT molecular complexity index is 1140. The highest BCUT2D eigenvalue weighted by molar-refractivity contribution is 7.89. The number of fused-ring (bicyclic) bond motifs is 1. The molecule has 1 aliphatic heterocycles. The van der Waals surface area contributed by atoms with E-state index in [4.69, 9.17) is 0 Å². The number of nitro groups is 1. The molecule has 3 aromatic rings. The molecular weight excluding hydrogens is 380 g/mol. The standard InChI is InChI=1S/C19H18N4O4S/c1-14-6-7-16(23(24)25)12-18(14)28(26,27)22-11-10-21-9-3-5-17(21)19(22)15-4-2-8-20-13-15/h2-9,12-13,19H,10-11H2,1H3. The molecule has 4 rings (SSSR count). The Labute approximate surface area is 162 Å². The first-order valence-electron chi connectivity index (χ1n) is 8.71. The van der Waals surface area contributed by atoms with Gasteiger partial charge in [-0.3, -0.25) is 15.1 Å². The maximum Gasteiger partial charge on any atom is 0.270 e. The maximum absolute atomic E-state index is 13.6. The normalized spacial score (nSPS) is 17.2. The lowest BCUT2D eigenvalue weighted by Gasteiger charge is -2.36. The summed E-state index contributed by atoms with van der Waals surface area (Å²) in [6.45, 7) is 2.40. The molecule has 144 valence electrons. The molecule has 0 saturated heterocycles. The zero-order chi connectivity index (χ0) is 19.9. The fourth-order valence-corrected chi connectivity index (χ4v) is 5.43. The van der Waals surface area contributed by atoms with Crippen LogP contribution in [0.15, 0.2) is 66.0 Å². The van der Waals surface area contributed by atoms with E-state index < -0.39 is 21.0 Å². The van der Waals surface area contributed by atoms with Crippen LogP contribution in [0.5, 0.6) is 0 Å². The van der Waals surface area contributed by atoms with E-state index in [-0.39, 0.29) is 17.1 Å². The average Bonchev–Trinajstić information content (AvgIpc) is 3.16. The Morgan fingerprint density at radius 3 is 2.71 bits per heavy atom. The van der Waals surface area contributed by atoms with Gasteiger partial charge in [-0.2, -0.15) is 4.31 Å². The van der Waals surface area contributed by atoms with E-state index in [0.717, 1.165) is 17.3 Å². The van der Waals surface area contributed by atoms with Crippen molar-refractivity contribution in [2.45, 2.75) is 24.4 Å². The summed E-state index contributed by atoms with van der Waals surface area (Å²) >= 11 is 0. The molecule has 28 heavy (non-hydrogen) atoms. The Kier molecular flexibility index (Phi) is 4.48. The van der Waals surface area contributed by atoms with E-state index in [1.165, 1.54) is 16.4 Å². The molecule has 0 saturated carbocycles. The van der Waals surface area contributed by atoms with Crippen molar-refractivity contribution < 1.29 is 13.3 Å². The predicted octanol–water partition coefficient (Wildman–Crippen LogP) is 2.89. The first-order chi connectivity index (χ1) is 13.4. The van der Waals surface area contributed by atoms with Crippen LogP contribution in [0.3, 0.4) is 0 Å². The first kappa shape index (κ1) is 18.3. The van der Waals surface area contributed by atoms with Gasteiger partial charge in [-0.1, -0.05) is 12.1 Å². The molecule has 8 nitrogen and oxygen atoms in total. The summed E-state index contributed by atoms with van der Waals surface area (Å²) < 4.78 is 30.6. The fourth-order valence-electron chi connectivity index (χ4n) is 3.60. The number of rotatable bonds is 4. The van der Waals surface area contributed by atoms with Crippen LogP contribution < -0.4 is 0 Å². The van der Waals surface area contributed by atoms with Gasteiger partial charge in [-0.15, -0.1) is 0 Å². The molecule has 0 fully saturated rings. The number of sulfonamides is 1. The zero-order valence-electron chi connectivity index (χ0n) is 15.1. The summed E-state index contributed by atoms with van der Waals surface area (Å²) in [5.74, 6) is 0. The average molecular weight is 398 g/mol. The number of nitro benzene ring substituents is 1. The van der Waals surface area contributed by atoms with Crippen molar-refractivity contribution in [3.63, 3.8) is 0 Å². The van der Waals surface area contributed by atoms with E-state index in [0.29, 0.717) is 12.1 Å². The minimum atomic E-state index is -3.98. The topological polar surface area (TPSA) is 98.3 Å². The number of benzene rings is 1. The molecule has 0 amide bonds. The molecule has 0 spiro atoms. The third-order valence-electron chi connectivity index (χ3n) is 4.96. The van der Waals surface area contributed by atoms with Crippen LogP contribution in [0.25, 0.3) is 0 Å². The monoisotopic (exact) mass is 398 g/mol. The lowest BCUT2D eigenvalue weighted by Crippen LogP contribution is -2.42. The summed E-state index contributed by atoms with van der Waals surface area (Å²) in [6, 6.07) is 10.7. The minimum absolute atomic E-state index is 0.0457. The Balaban J connectivity index is 1.87. The van der Waals surface area contributed by atoms with Gasteiger partial charge in [-0.05, 0) is 36.2 Å². The number of pyridine rings is 1. The van der Waals surface area contributed by atoms with Crippen LogP contribution in [0.1, 0.15) is 22.9 Å². The van der Waals surface area contributed by atoms with Gasteiger partial charge in [0.25, 0.3) is 5.69 Å². The van der Waals surface area contributed by atoms with Gasteiger partial charge in [-0.25, -0.2) is 8.42 Å². The van der Waals surface area contributed by atoms with Gasteiger partial charge in [0.2, 0.25) is 10.0 Å². The number of nitrogens with zero attached hydrogens (tertiary/aromatic N) is 4. The molecule has 1 aliphatic rings. The smallest absolute Gasteiger partial charge is 0.270 e. The number of hydrogen-bond acceptors (Lipinski definition) is 5. The Morgan fingerprint density at radius 1 is 1.18 bits per heavy atom. The minimum Gasteiger partial charge on any atom is -0.348 e. The van der Waals surface area contributed by atoms with Crippen molar-refractivity contribution in [1.82, 2.24) is 13.9 Å². The van der Waals surface area contributed by atoms with Crippen LogP contribution >= 0.6 is 0 Å². The van der Waals surface area contributed by atoms with Crippen molar-refractivity contribution >= 4 is 15.7 Å². The van der Waals surface area contributed by atoms with Gasteiger partial charge in [0.15, 0.2) is 0 Å². The van der Waals surface area contributed by atoms with E-state index in [1.807, 2.05) is 29.0 Å². The second kappa shape index (κ2) is 6.84. The summed E-state index contributed by atoms with van der Waals surface area (Å²) in [4.78, 5) is 14.7. The molecule has 9 heteroatoms. The SMILES string of the molecule is Cc1ccc([N+](=O)[O-])cc1S(=O)(=O)N1CCn2cccc2C1c1cccnc1. The highest BCUT2D eigenvalue weighted by atomic mass is 32.2. The number of aryl methyl sites for hydroxylation is 1. The first-order valence-corrected chi connectivity index (χ1v) is 10.2. The van der Waals surface area contributed by atoms with Crippen LogP contribution in [-0.4, -0.2) is 33.7 Å². The van der Waals surface area contributed by atoms with Gasteiger partial charge in [0, 0.05) is 49.5 Å². The second-order valence-corrected chi connectivity index (χ2v) is 8.50. The lowest BCUT2D eigenvalue weighted by molar-refractivity contribution is -0.385. The lowest BCUT2D eigenvalue weighted by atomic mass is 10.0. The molecule has 2 aromatic heterocycles. The van der Waals surface area contributed by atoms with Crippen molar-refractivity contribution in [1.29, 1.82) is 0 Å². The molecule has 1 atom stereocenters. The molecular formula is C19H18N4O4S. The second-order valence-electron chi connectivity index (χ2n) is 6.64. The summed E-state index contributed by atoms with van der Waals surface area (Å²) in [5, 5.41) is 11.2. The predicted molar refractivity (Wildman–Crippen MR) is 102 cm³/mol. The van der Waals surface area contributed by atoms with Crippen molar-refractivity contribution in [2.75, 3.05) is 6.54 Å². The molecule has 1 aromatic carbocycles. The third kappa shape index (κ3) is 2.98. The van der Waals surface area contributed by atoms with Gasteiger partial charge in [0.1, 0.15) is 0 Å². The largest absolute Gasteiger partial charge is 0.348 e. The molecule has 0 N–H and O–H groups in total. The highest BCUT2D eigenvalue weighted by Crippen LogP contribution is 2.37. The Hall–Kier alpha value is -3.04. The van der Waals surface area contributed by atoms with E-state index in [2.05, 4.69) is 4.98 Å². The van der Waals surface area contributed by atoms with Gasteiger partial charge < -0.3 is 4.57 Å². The van der Waals surface area contributed by atoms with Crippen LogP contribution in [0, 0.1) is 17.0 Å². The molecule has 3 heterocycles. The van der Waals surface area contributed by atoms with E-state index >= 15 is 0 Å². The van der Waals surface area contributed by atoms with Crippen molar-refractivity contribution in [2.24, 2.45) is 0 Å². The van der Waals surface area contributed by atoms with E-state index in [1.54, 1.807) is 25.4 Å². The van der Waals surface area contributed by atoms with E-state index in [9.17, 15) is 18.5 Å². The van der Waals surface area contributed by atoms with Crippen molar-refractivity contribution in [3.05, 3.63) is 88.0 Å². The molecule has 0 bridgehead atoms. The van der Waals surface area contributed by atoms with Crippen LogP contribution in [0.4, 0.5) is 5.69 Å². The van der Waals surface area contributed by atoms with Gasteiger partial charge >= 0.3 is 0 Å². The number of hydrogen-bond donors (Lipinski definition) is 0. The number of aromatic nitrogens is 2. The third-order valence-corrected chi connectivity index (χ3v) is 6.97. The van der Waals surface area contributed by atoms with Crippen molar-refractivity contribution in [3.8, 4) is 0 Å². The Morgan fingerprint density at radius 2 is 2.00 bits per heavy atom. The molecule has 0 aliphatic carbocycles. The van der Waals surface area contributed by atoms with Gasteiger partial charge in [0.05, 0.1) is 15.9 Å². The highest BCUT2D eigenvalue weighted by Gasteiger charge is 2.38. The summed E-state index contributed by atoms with van der Waals surface area (Å²) in [7, 11) is -3.98. The fraction of sp³-hybridized carbons (Fsp3) is 0.211. The molecule has 1 unspecified atom stereocenters. The quantitative estimate of drug-likeness (QED) is 0.497.